The Labute approximate surface area is 167 Å². The smallest absolute Gasteiger partial charge is 0.362 e. The van der Waals surface area contributed by atoms with Gasteiger partial charge < -0.3 is 10.6 Å². The summed E-state index contributed by atoms with van der Waals surface area (Å²) < 4.78 is 42.7. The number of halogens is 5. The lowest BCUT2D eigenvalue weighted by Crippen LogP contribution is -2.36. The fraction of sp³-hybridized carbons (Fsp3) is 0.412. The Kier molecular flexibility index (Phi) is 5.45. The van der Waals surface area contributed by atoms with E-state index in [4.69, 9.17) is 11.6 Å². The van der Waals surface area contributed by atoms with Crippen molar-refractivity contribution in [2.45, 2.75) is 44.6 Å². The molecule has 0 radical (unpaired) electrons. The number of hydrogen-bond acceptors (Lipinski definition) is 3. The lowest BCUT2D eigenvalue weighted by Gasteiger charge is -2.33. The molecule has 0 saturated heterocycles. The SMILES string of the molecule is CC(C)NC(=O)c1nn2c(c1Cl)N[C@@H](c1ccc(Br)cc1)C[C@@H]2C(F)(F)F. The molecule has 0 saturated carbocycles. The lowest BCUT2D eigenvalue weighted by molar-refractivity contribution is -0.173. The van der Waals surface area contributed by atoms with Gasteiger partial charge in [0.15, 0.2) is 11.7 Å². The number of hydrogen-bond donors (Lipinski definition) is 2. The Bertz CT molecular complexity index is 851. The largest absolute Gasteiger partial charge is 0.410 e. The minimum absolute atomic E-state index is 0.00735. The second kappa shape index (κ2) is 7.35. The summed E-state index contributed by atoms with van der Waals surface area (Å²) in [6, 6.07) is 4.29. The minimum Gasteiger partial charge on any atom is -0.362 e. The molecule has 2 N–H and O–H groups in total. The van der Waals surface area contributed by atoms with E-state index in [0.29, 0.717) is 5.56 Å². The maximum absolute atomic E-state index is 13.7. The standard InChI is InChI=1S/C17H17BrClF3N4O/c1-8(2)23-16(27)14-13(19)15-24-11(9-3-5-10(18)6-4-9)7-12(17(20,21)22)26(15)25-14/h3-6,8,11-12,24H,7H2,1-2H3,(H,23,27)/t11-,12-/m1/s1. The van der Waals surface area contributed by atoms with Crippen molar-refractivity contribution in [2.75, 3.05) is 5.32 Å². The highest BCUT2D eigenvalue weighted by Crippen LogP contribution is 2.46. The number of amides is 1. The molecule has 1 aromatic carbocycles. The van der Waals surface area contributed by atoms with E-state index in [1.54, 1.807) is 38.1 Å². The zero-order valence-electron chi connectivity index (χ0n) is 14.4. The normalized spacial score (nSPS) is 19.6. The van der Waals surface area contributed by atoms with Crippen LogP contribution < -0.4 is 10.6 Å². The van der Waals surface area contributed by atoms with Gasteiger partial charge in [0.2, 0.25) is 0 Å². The van der Waals surface area contributed by atoms with E-state index in [2.05, 4.69) is 31.7 Å². The van der Waals surface area contributed by atoms with Gasteiger partial charge in [0.25, 0.3) is 5.91 Å². The number of carbonyl (C=O) groups excluding carboxylic acids is 1. The molecule has 1 aliphatic heterocycles. The fourth-order valence-corrected chi connectivity index (χ4v) is 3.51. The van der Waals surface area contributed by atoms with Crippen LogP contribution >= 0.6 is 27.5 Å². The van der Waals surface area contributed by atoms with Gasteiger partial charge in [0.1, 0.15) is 10.8 Å². The van der Waals surface area contributed by atoms with Crippen LogP contribution in [0.3, 0.4) is 0 Å². The van der Waals surface area contributed by atoms with Crippen molar-refractivity contribution in [1.82, 2.24) is 15.1 Å². The third kappa shape index (κ3) is 4.08. The van der Waals surface area contributed by atoms with Gasteiger partial charge in [0, 0.05) is 16.9 Å². The van der Waals surface area contributed by atoms with Crippen LogP contribution in [0.1, 0.15) is 48.4 Å². The van der Waals surface area contributed by atoms with Crippen molar-refractivity contribution >= 4 is 39.3 Å². The monoisotopic (exact) mass is 464 g/mol. The molecule has 27 heavy (non-hydrogen) atoms. The van der Waals surface area contributed by atoms with Crippen molar-refractivity contribution in [3.8, 4) is 0 Å². The van der Waals surface area contributed by atoms with Crippen molar-refractivity contribution in [3.05, 3.63) is 45.0 Å². The van der Waals surface area contributed by atoms with Crippen LogP contribution in [0.2, 0.25) is 5.02 Å². The van der Waals surface area contributed by atoms with Crippen molar-refractivity contribution in [1.29, 1.82) is 0 Å². The summed E-state index contributed by atoms with van der Waals surface area (Å²) in [5, 5.41) is 9.36. The highest BCUT2D eigenvalue weighted by atomic mass is 79.9. The van der Waals surface area contributed by atoms with Crippen molar-refractivity contribution in [3.63, 3.8) is 0 Å². The Balaban J connectivity index is 2.03. The number of nitrogens with one attached hydrogen (secondary N) is 2. The highest BCUT2D eigenvalue weighted by Gasteiger charge is 2.47. The number of carbonyl (C=O) groups is 1. The zero-order valence-corrected chi connectivity index (χ0v) is 16.8. The van der Waals surface area contributed by atoms with E-state index in [-0.39, 0.29) is 29.0 Å². The molecule has 0 unspecified atom stereocenters. The molecule has 1 aliphatic rings. The van der Waals surface area contributed by atoms with E-state index in [0.717, 1.165) is 9.15 Å². The molecule has 2 aromatic rings. The highest BCUT2D eigenvalue weighted by molar-refractivity contribution is 9.10. The first kappa shape index (κ1) is 20.0. The predicted octanol–water partition coefficient (Wildman–Crippen LogP) is 5.10. The molecule has 1 amide bonds. The van der Waals surface area contributed by atoms with Crippen LogP contribution in [0.15, 0.2) is 28.7 Å². The summed E-state index contributed by atoms with van der Waals surface area (Å²) >= 11 is 9.54. The zero-order chi connectivity index (χ0) is 19.9. The van der Waals surface area contributed by atoms with E-state index in [1.165, 1.54) is 0 Å². The quantitative estimate of drug-likeness (QED) is 0.663. The van der Waals surface area contributed by atoms with Crippen LogP contribution in [-0.4, -0.2) is 27.9 Å². The topological polar surface area (TPSA) is 59.0 Å². The third-order valence-corrected chi connectivity index (χ3v) is 5.09. The molecule has 1 aromatic heterocycles. The second-order valence-electron chi connectivity index (χ2n) is 6.63. The number of fused-ring (bicyclic) bond motifs is 1. The average Bonchev–Trinajstić information content (AvgIpc) is 2.90. The number of benzene rings is 1. The molecule has 0 bridgehead atoms. The maximum Gasteiger partial charge on any atom is 0.410 e. The number of anilines is 1. The second-order valence-corrected chi connectivity index (χ2v) is 7.92. The third-order valence-electron chi connectivity index (χ3n) is 4.20. The molecule has 146 valence electrons. The van der Waals surface area contributed by atoms with Crippen LogP contribution in [0, 0.1) is 0 Å². The van der Waals surface area contributed by atoms with Crippen LogP contribution in [0.5, 0.6) is 0 Å². The van der Waals surface area contributed by atoms with Gasteiger partial charge in [-0.1, -0.05) is 39.7 Å². The van der Waals surface area contributed by atoms with Gasteiger partial charge in [-0.25, -0.2) is 4.68 Å². The number of nitrogens with zero attached hydrogens (tertiary/aromatic N) is 2. The first-order valence-corrected chi connectivity index (χ1v) is 9.42. The van der Waals surface area contributed by atoms with Gasteiger partial charge in [-0.3, -0.25) is 4.79 Å². The first-order valence-electron chi connectivity index (χ1n) is 8.25. The number of aromatic nitrogens is 2. The maximum atomic E-state index is 13.7. The molecule has 0 fully saturated rings. The summed E-state index contributed by atoms with van der Waals surface area (Å²) in [6.45, 7) is 3.48. The van der Waals surface area contributed by atoms with Gasteiger partial charge in [0.05, 0.1) is 6.04 Å². The minimum atomic E-state index is -4.54. The fourth-order valence-electron chi connectivity index (χ4n) is 2.98. The summed E-state index contributed by atoms with van der Waals surface area (Å²) in [5.41, 5.74) is 0.461. The molecule has 2 atom stereocenters. The Hall–Kier alpha value is -1.74. The van der Waals surface area contributed by atoms with E-state index < -0.39 is 24.2 Å². The average molecular weight is 466 g/mol. The van der Waals surface area contributed by atoms with E-state index in [1.807, 2.05) is 0 Å². The predicted molar refractivity (Wildman–Crippen MR) is 100 cm³/mol. The van der Waals surface area contributed by atoms with Gasteiger partial charge in [-0.2, -0.15) is 18.3 Å². The van der Waals surface area contributed by atoms with Crippen molar-refractivity contribution < 1.29 is 18.0 Å². The summed E-state index contributed by atoms with van der Waals surface area (Å²) in [7, 11) is 0. The Morgan fingerprint density at radius 1 is 1.37 bits per heavy atom. The first-order chi connectivity index (χ1) is 12.6. The van der Waals surface area contributed by atoms with E-state index >= 15 is 0 Å². The number of alkyl halides is 3. The summed E-state index contributed by atoms with van der Waals surface area (Å²) in [4.78, 5) is 12.3. The van der Waals surface area contributed by atoms with Crippen LogP contribution in [0.4, 0.5) is 19.0 Å². The molecule has 2 heterocycles. The van der Waals surface area contributed by atoms with Gasteiger partial charge >= 0.3 is 6.18 Å². The molecular formula is C17H17BrClF3N4O. The molecular weight excluding hydrogens is 449 g/mol. The molecule has 0 spiro atoms. The van der Waals surface area contributed by atoms with Crippen molar-refractivity contribution in [2.24, 2.45) is 0 Å². The Morgan fingerprint density at radius 3 is 2.56 bits per heavy atom. The van der Waals surface area contributed by atoms with Gasteiger partial charge in [-0.15, -0.1) is 0 Å². The van der Waals surface area contributed by atoms with E-state index in [9.17, 15) is 18.0 Å². The van der Waals surface area contributed by atoms with Crippen LogP contribution in [-0.2, 0) is 0 Å². The van der Waals surface area contributed by atoms with Gasteiger partial charge in [-0.05, 0) is 31.5 Å². The van der Waals surface area contributed by atoms with Crippen LogP contribution in [0.25, 0.3) is 0 Å². The number of rotatable bonds is 3. The lowest BCUT2D eigenvalue weighted by atomic mass is 9.97. The molecule has 5 nitrogen and oxygen atoms in total. The molecule has 3 rings (SSSR count). The molecule has 10 heteroatoms. The molecule has 0 aliphatic carbocycles. The summed E-state index contributed by atoms with van der Waals surface area (Å²) in [5.74, 6) is -0.619. The Morgan fingerprint density at radius 2 is 2.00 bits per heavy atom. The summed E-state index contributed by atoms with van der Waals surface area (Å²) in [6.07, 6.45) is -4.80.